The van der Waals surface area contributed by atoms with E-state index in [4.69, 9.17) is 5.26 Å². The summed E-state index contributed by atoms with van der Waals surface area (Å²) in [6.45, 7) is 0. The van der Waals surface area contributed by atoms with E-state index in [0.717, 1.165) is 48.5 Å². The summed E-state index contributed by atoms with van der Waals surface area (Å²) in [5.41, 5.74) is 0.456. The fourth-order valence-electron chi connectivity index (χ4n) is 5.99. The van der Waals surface area contributed by atoms with Crippen LogP contribution in [0.5, 0.6) is 0 Å². The summed E-state index contributed by atoms with van der Waals surface area (Å²) < 4.78 is 38.0. The van der Waals surface area contributed by atoms with Gasteiger partial charge in [-0.05, 0) is 92.7 Å². The third-order valence-electron chi connectivity index (χ3n) is 7.99. The van der Waals surface area contributed by atoms with Gasteiger partial charge < -0.3 is 0 Å². The highest BCUT2D eigenvalue weighted by molar-refractivity contribution is 5.24. The molecule has 2 aliphatic carbocycles. The Balaban J connectivity index is 1.26. The van der Waals surface area contributed by atoms with Crippen LogP contribution in [-0.2, 0) is 12.6 Å². The van der Waals surface area contributed by atoms with Crippen molar-refractivity contribution in [1.29, 1.82) is 5.26 Å². The largest absolute Gasteiger partial charge is 0.416 e. The highest BCUT2D eigenvalue weighted by Crippen LogP contribution is 2.43. The maximum absolute atomic E-state index is 12.7. The van der Waals surface area contributed by atoms with Crippen molar-refractivity contribution in [2.75, 3.05) is 0 Å². The van der Waals surface area contributed by atoms with Crippen molar-refractivity contribution in [3.8, 4) is 6.07 Å². The average Bonchev–Trinajstić information content (AvgIpc) is 2.80. The van der Waals surface area contributed by atoms with Gasteiger partial charge in [0.15, 0.2) is 0 Å². The first-order valence-corrected chi connectivity index (χ1v) is 12.7. The number of nitriles is 1. The van der Waals surface area contributed by atoms with E-state index >= 15 is 0 Å². The molecule has 0 heterocycles. The number of alkyl halides is 3. The SMILES string of the molecule is N#CC=CCC[C@H]1CC[C@H]([C@H]2CC[C@H](CCCCc3ccc(C(F)(F)F)cc3)CC2)CC1. The summed E-state index contributed by atoms with van der Waals surface area (Å²) in [4.78, 5) is 0. The minimum atomic E-state index is -4.24. The summed E-state index contributed by atoms with van der Waals surface area (Å²) in [6.07, 6.45) is 17.1. The summed E-state index contributed by atoms with van der Waals surface area (Å²) in [5, 5.41) is 8.57. The Bertz CT molecular complexity index is 727. The first-order chi connectivity index (χ1) is 15.5. The van der Waals surface area contributed by atoms with Gasteiger partial charge in [-0.1, -0.05) is 56.7 Å². The van der Waals surface area contributed by atoms with Crippen molar-refractivity contribution in [3.63, 3.8) is 0 Å². The maximum atomic E-state index is 12.7. The van der Waals surface area contributed by atoms with E-state index in [1.54, 1.807) is 18.2 Å². The van der Waals surface area contributed by atoms with Crippen molar-refractivity contribution < 1.29 is 13.2 Å². The fourth-order valence-corrected chi connectivity index (χ4v) is 5.99. The Kier molecular flexibility index (Phi) is 9.69. The van der Waals surface area contributed by atoms with Crippen LogP contribution >= 0.6 is 0 Å². The number of rotatable bonds is 9. The lowest BCUT2D eigenvalue weighted by Crippen LogP contribution is -2.25. The van der Waals surface area contributed by atoms with Crippen molar-refractivity contribution in [2.45, 2.75) is 96.1 Å². The van der Waals surface area contributed by atoms with E-state index < -0.39 is 11.7 Å². The Morgan fingerprint density at radius 2 is 1.38 bits per heavy atom. The molecule has 3 rings (SSSR count). The molecule has 2 aliphatic rings. The Hall–Kier alpha value is -1.76. The smallest absolute Gasteiger partial charge is 0.193 e. The van der Waals surface area contributed by atoms with Crippen LogP contribution in [-0.4, -0.2) is 0 Å². The van der Waals surface area contributed by atoms with Crippen molar-refractivity contribution in [3.05, 3.63) is 47.5 Å². The van der Waals surface area contributed by atoms with E-state index in [2.05, 4.69) is 6.07 Å². The van der Waals surface area contributed by atoms with Gasteiger partial charge in [0.25, 0.3) is 0 Å². The lowest BCUT2D eigenvalue weighted by Gasteiger charge is -2.38. The van der Waals surface area contributed by atoms with Gasteiger partial charge in [0.05, 0.1) is 11.6 Å². The van der Waals surface area contributed by atoms with Crippen molar-refractivity contribution >= 4 is 0 Å². The number of benzene rings is 1. The lowest BCUT2D eigenvalue weighted by molar-refractivity contribution is -0.137. The van der Waals surface area contributed by atoms with Crippen molar-refractivity contribution in [2.24, 2.45) is 23.7 Å². The molecule has 0 radical (unpaired) electrons. The van der Waals surface area contributed by atoms with Gasteiger partial charge >= 0.3 is 6.18 Å². The summed E-state index contributed by atoms with van der Waals surface area (Å²) in [6, 6.07) is 7.74. The summed E-state index contributed by atoms with van der Waals surface area (Å²) in [5.74, 6) is 3.57. The van der Waals surface area contributed by atoms with E-state index in [9.17, 15) is 13.2 Å². The molecular formula is C28H38F3N. The van der Waals surface area contributed by atoms with E-state index in [1.165, 1.54) is 82.8 Å². The zero-order valence-corrected chi connectivity index (χ0v) is 19.3. The van der Waals surface area contributed by atoms with Crippen molar-refractivity contribution in [1.82, 2.24) is 0 Å². The fraction of sp³-hybridized carbons (Fsp3) is 0.679. The van der Waals surface area contributed by atoms with E-state index in [0.29, 0.717) is 0 Å². The second-order valence-corrected chi connectivity index (χ2v) is 10.1. The standard InChI is InChI=1S/C28H38F3N/c29-28(30,31)27-19-13-24(14-20-27)8-4-3-7-23-11-17-26(18-12-23)25-15-9-22(10-16-25)6-2-1-5-21-32/h1,5,13-14,19-20,22-23,25-26H,2-4,6-12,15-18H2/t22-,23-,25-,26-. The molecule has 1 aromatic rings. The van der Waals surface area contributed by atoms with Gasteiger partial charge in [0.2, 0.25) is 0 Å². The summed E-state index contributed by atoms with van der Waals surface area (Å²) >= 11 is 0. The van der Waals surface area contributed by atoms with Gasteiger partial charge in [0, 0.05) is 6.08 Å². The molecule has 0 spiro atoms. The number of aryl methyl sites for hydroxylation is 1. The molecule has 4 heteroatoms. The molecule has 32 heavy (non-hydrogen) atoms. The molecule has 0 aliphatic heterocycles. The van der Waals surface area contributed by atoms with Crippen LogP contribution in [0.3, 0.4) is 0 Å². The first-order valence-electron chi connectivity index (χ1n) is 12.7. The predicted molar refractivity (Wildman–Crippen MR) is 124 cm³/mol. The van der Waals surface area contributed by atoms with Crippen LogP contribution in [0.15, 0.2) is 36.4 Å². The third kappa shape index (κ3) is 7.98. The van der Waals surface area contributed by atoms with E-state index in [1.807, 2.05) is 6.08 Å². The number of allylic oxidation sites excluding steroid dienone is 2. The van der Waals surface area contributed by atoms with Gasteiger partial charge in [0.1, 0.15) is 0 Å². The van der Waals surface area contributed by atoms with Gasteiger partial charge in [-0.25, -0.2) is 0 Å². The quantitative estimate of drug-likeness (QED) is 0.275. The molecule has 0 saturated heterocycles. The molecule has 176 valence electrons. The molecule has 1 aromatic carbocycles. The van der Waals surface area contributed by atoms with Gasteiger partial charge in [-0.2, -0.15) is 18.4 Å². The molecule has 0 bridgehead atoms. The van der Waals surface area contributed by atoms with Crippen LogP contribution < -0.4 is 0 Å². The minimum absolute atomic E-state index is 0.556. The van der Waals surface area contributed by atoms with Gasteiger partial charge in [-0.15, -0.1) is 0 Å². The topological polar surface area (TPSA) is 23.8 Å². The molecular weight excluding hydrogens is 407 g/mol. The summed E-state index contributed by atoms with van der Waals surface area (Å²) in [7, 11) is 0. The first kappa shape index (κ1) is 24.9. The molecule has 0 unspecified atom stereocenters. The Morgan fingerprint density at radius 1 is 0.812 bits per heavy atom. The zero-order chi connectivity index (χ0) is 22.8. The second kappa shape index (κ2) is 12.5. The number of unbranched alkanes of at least 4 members (excludes halogenated alkanes) is 1. The Morgan fingerprint density at radius 3 is 1.91 bits per heavy atom. The van der Waals surface area contributed by atoms with Gasteiger partial charge in [-0.3, -0.25) is 0 Å². The Labute approximate surface area is 192 Å². The van der Waals surface area contributed by atoms with Crippen LogP contribution in [0.2, 0.25) is 0 Å². The zero-order valence-electron chi connectivity index (χ0n) is 19.3. The normalized spacial score (nSPS) is 26.8. The number of hydrogen-bond acceptors (Lipinski definition) is 1. The molecule has 0 aromatic heterocycles. The molecule has 2 saturated carbocycles. The molecule has 1 nitrogen and oxygen atoms in total. The van der Waals surface area contributed by atoms with Crippen LogP contribution in [0.25, 0.3) is 0 Å². The molecule has 2 fully saturated rings. The number of nitrogens with zero attached hydrogens (tertiary/aromatic N) is 1. The lowest BCUT2D eigenvalue weighted by atomic mass is 9.68. The maximum Gasteiger partial charge on any atom is 0.416 e. The van der Waals surface area contributed by atoms with Crippen LogP contribution in [0, 0.1) is 35.0 Å². The second-order valence-electron chi connectivity index (χ2n) is 10.1. The molecule has 0 amide bonds. The van der Waals surface area contributed by atoms with E-state index in [-0.39, 0.29) is 0 Å². The number of halogens is 3. The highest BCUT2D eigenvalue weighted by atomic mass is 19.4. The molecule has 0 N–H and O–H groups in total. The third-order valence-corrected chi connectivity index (χ3v) is 7.99. The molecule has 0 atom stereocenters. The average molecular weight is 446 g/mol. The van der Waals surface area contributed by atoms with Crippen LogP contribution in [0.4, 0.5) is 13.2 Å². The number of hydrogen-bond donors (Lipinski definition) is 0. The monoisotopic (exact) mass is 445 g/mol. The minimum Gasteiger partial charge on any atom is -0.193 e. The van der Waals surface area contributed by atoms with Crippen LogP contribution in [0.1, 0.15) is 94.6 Å². The highest BCUT2D eigenvalue weighted by Gasteiger charge is 2.31. The predicted octanol–water partition coefficient (Wildman–Crippen LogP) is 8.89.